The highest BCUT2D eigenvalue weighted by atomic mass is 32.2. The number of fused-ring (bicyclic) bond motifs is 1. The van der Waals surface area contributed by atoms with Gasteiger partial charge in [-0.15, -0.1) is 0 Å². The Hall–Kier alpha value is -4.19. The van der Waals surface area contributed by atoms with E-state index in [1.54, 1.807) is 12.1 Å². The van der Waals surface area contributed by atoms with Crippen molar-refractivity contribution in [2.45, 2.75) is 11.4 Å². The van der Waals surface area contributed by atoms with Crippen LogP contribution in [0.2, 0.25) is 0 Å². The van der Waals surface area contributed by atoms with Crippen molar-refractivity contribution in [1.82, 2.24) is 5.32 Å². The first kappa shape index (κ1) is 26.9. The van der Waals surface area contributed by atoms with Gasteiger partial charge in [-0.2, -0.15) is 0 Å². The number of carbonyl (C=O) groups excluding carboxylic acids is 1. The molecule has 12 heteroatoms. The topological polar surface area (TPSA) is 113 Å². The average molecular weight is 547 g/mol. The Balaban J connectivity index is 1.59. The van der Waals surface area contributed by atoms with Gasteiger partial charge in [0.05, 0.1) is 31.9 Å². The number of benzene rings is 3. The number of amides is 1. The van der Waals surface area contributed by atoms with Gasteiger partial charge in [-0.3, -0.25) is 9.10 Å². The maximum Gasteiger partial charge on any atom is 0.264 e. The monoisotopic (exact) mass is 546 g/mol. The fourth-order valence-electron chi connectivity index (χ4n) is 3.88. The molecule has 0 radical (unpaired) electrons. The van der Waals surface area contributed by atoms with E-state index >= 15 is 0 Å². The van der Waals surface area contributed by atoms with Crippen LogP contribution >= 0.6 is 0 Å². The van der Waals surface area contributed by atoms with E-state index in [2.05, 4.69) is 5.32 Å². The van der Waals surface area contributed by atoms with Crippen molar-refractivity contribution < 1.29 is 41.3 Å². The smallest absolute Gasteiger partial charge is 0.264 e. The molecule has 10 nitrogen and oxygen atoms in total. The van der Waals surface area contributed by atoms with Crippen LogP contribution in [0, 0.1) is 5.82 Å². The average Bonchev–Trinajstić information content (AvgIpc) is 2.93. The van der Waals surface area contributed by atoms with Crippen LogP contribution in [0.4, 0.5) is 10.1 Å². The third-order valence-electron chi connectivity index (χ3n) is 5.70. The lowest BCUT2D eigenvalue weighted by atomic mass is 10.1. The second-order valence-electron chi connectivity index (χ2n) is 8.11. The lowest BCUT2D eigenvalue weighted by Crippen LogP contribution is -2.40. The van der Waals surface area contributed by atoms with Crippen molar-refractivity contribution in [3.63, 3.8) is 0 Å². The van der Waals surface area contributed by atoms with E-state index in [1.807, 2.05) is 0 Å². The largest absolute Gasteiger partial charge is 0.493 e. The molecule has 0 bridgehead atoms. The van der Waals surface area contributed by atoms with Crippen molar-refractivity contribution in [1.29, 1.82) is 0 Å². The lowest BCUT2D eigenvalue weighted by molar-refractivity contribution is -0.119. The number of halogens is 1. The number of rotatable bonds is 10. The molecule has 4 rings (SSSR count). The number of carbonyl (C=O) groups is 1. The van der Waals surface area contributed by atoms with Crippen LogP contribution in [0.3, 0.4) is 0 Å². The van der Waals surface area contributed by atoms with Crippen LogP contribution in [-0.2, 0) is 21.4 Å². The zero-order chi connectivity index (χ0) is 27.3. The summed E-state index contributed by atoms with van der Waals surface area (Å²) in [7, 11) is 0.121. The highest BCUT2D eigenvalue weighted by Crippen LogP contribution is 2.38. The minimum atomic E-state index is -4.30. The van der Waals surface area contributed by atoms with Gasteiger partial charge in [-0.25, -0.2) is 12.8 Å². The van der Waals surface area contributed by atoms with Crippen LogP contribution in [0.15, 0.2) is 59.5 Å². The summed E-state index contributed by atoms with van der Waals surface area (Å²) in [6, 6.07) is 12.5. The van der Waals surface area contributed by atoms with Crippen molar-refractivity contribution in [3.05, 3.63) is 66.0 Å². The molecule has 1 heterocycles. The van der Waals surface area contributed by atoms with Crippen molar-refractivity contribution >= 4 is 21.6 Å². The molecule has 0 aromatic heterocycles. The number of ether oxygens (including phenoxy) is 5. The molecule has 1 aliphatic rings. The van der Waals surface area contributed by atoms with Crippen molar-refractivity contribution in [3.8, 4) is 28.7 Å². The number of nitrogens with zero attached hydrogens (tertiary/aromatic N) is 1. The Kier molecular flexibility index (Phi) is 8.10. The number of sulfonamides is 1. The third-order valence-corrected chi connectivity index (χ3v) is 7.47. The molecule has 3 aromatic rings. The van der Waals surface area contributed by atoms with Gasteiger partial charge in [-0.1, -0.05) is 6.07 Å². The molecular formula is C26H27FN2O8S. The van der Waals surface area contributed by atoms with E-state index in [0.717, 1.165) is 10.4 Å². The zero-order valence-electron chi connectivity index (χ0n) is 21.0. The van der Waals surface area contributed by atoms with Crippen molar-refractivity contribution in [2.75, 3.05) is 45.4 Å². The van der Waals surface area contributed by atoms with Gasteiger partial charge in [0.2, 0.25) is 11.7 Å². The minimum absolute atomic E-state index is 0.0113. The predicted octanol–water partition coefficient (Wildman–Crippen LogP) is 3.13. The summed E-state index contributed by atoms with van der Waals surface area (Å²) in [4.78, 5) is 12.8. The lowest BCUT2D eigenvalue weighted by Gasteiger charge is -2.25. The van der Waals surface area contributed by atoms with E-state index in [4.69, 9.17) is 23.7 Å². The summed E-state index contributed by atoms with van der Waals surface area (Å²) < 4.78 is 69.2. The van der Waals surface area contributed by atoms with Crippen molar-refractivity contribution in [2.24, 2.45) is 0 Å². The molecule has 3 aromatic carbocycles. The summed E-state index contributed by atoms with van der Waals surface area (Å²) in [6.45, 7) is 0.0509. The summed E-state index contributed by atoms with van der Waals surface area (Å²) in [6.07, 6.45) is 0. The molecule has 0 unspecified atom stereocenters. The normalized spacial score (nSPS) is 12.4. The Morgan fingerprint density at radius 3 is 2.26 bits per heavy atom. The van der Waals surface area contributed by atoms with E-state index in [9.17, 15) is 17.6 Å². The molecule has 38 heavy (non-hydrogen) atoms. The van der Waals surface area contributed by atoms with Gasteiger partial charge in [0.25, 0.3) is 10.0 Å². The van der Waals surface area contributed by atoms with Crippen LogP contribution in [0.25, 0.3) is 0 Å². The van der Waals surface area contributed by atoms with Gasteiger partial charge in [0.1, 0.15) is 25.6 Å². The Labute approximate surface area is 219 Å². The molecule has 1 amide bonds. The van der Waals surface area contributed by atoms with Gasteiger partial charge < -0.3 is 29.0 Å². The maximum atomic E-state index is 14.1. The second kappa shape index (κ2) is 11.5. The van der Waals surface area contributed by atoms with E-state index < -0.39 is 28.3 Å². The standard InChI is InChI=1S/C26H27FN2O8S/c1-33-23-11-17(12-24(34-2)26(23)35-3)15-28-25(30)16-29(19-6-4-5-18(27)13-19)38(31,32)20-7-8-21-22(14-20)37-10-9-36-21/h4-8,11-14H,9-10,15-16H2,1-3H3,(H,28,30). The van der Waals surface area contributed by atoms with Crippen LogP contribution in [-0.4, -0.2) is 55.4 Å². The quantitative estimate of drug-likeness (QED) is 0.413. The van der Waals surface area contributed by atoms with Gasteiger partial charge in [-0.05, 0) is 48.0 Å². The summed E-state index contributed by atoms with van der Waals surface area (Å²) >= 11 is 0. The highest BCUT2D eigenvalue weighted by Gasteiger charge is 2.29. The Bertz CT molecular complexity index is 1410. The molecule has 0 spiro atoms. The number of anilines is 1. The van der Waals surface area contributed by atoms with Gasteiger partial charge >= 0.3 is 0 Å². The van der Waals surface area contributed by atoms with Crippen LogP contribution < -0.4 is 33.3 Å². The highest BCUT2D eigenvalue weighted by molar-refractivity contribution is 7.92. The molecule has 0 saturated heterocycles. The first-order chi connectivity index (χ1) is 18.3. The number of hydrogen-bond acceptors (Lipinski definition) is 8. The maximum absolute atomic E-state index is 14.1. The third kappa shape index (κ3) is 5.70. The second-order valence-corrected chi connectivity index (χ2v) is 9.97. The Morgan fingerprint density at radius 2 is 1.63 bits per heavy atom. The number of hydrogen-bond donors (Lipinski definition) is 1. The van der Waals surface area contributed by atoms with Gasteiger partial charge in [0.15, 0.2) is 23.0 Å². The molecular weight excluding hydrogens is 519 g/mol. The van der Waals surface area contributed by atoms with E-state index in [0.29, 0.717) is 35.2 Å². The van der Waals surface area contributed by atoms with Gasteiger partial charge in [0, 0.05) is 12.6 Å². The molecule has 0 fully saturated rings. The fourth-order valence-corrected chi connectivity index (χ4v) is 5.31. The van der Waals surface area contributed by atoms with E-state index in [-0.39, 0.29) is 29.5 Å². The number of methoxy groups -OCH3 is 3. The summed E-state index contributed by atoms with van der Waals surface area (Å²) in [5.74, 6) is 0.607. The molecule has 1 N–H and O–H groups in total. The fraction of sp³-hybridized carbons (Fsp3) is 0.269. The SMILES string of the molecule is COc1cc(CNC(=O)CN(c2cccc(F)c2)S(=O)(=O)c2ccc3c(c2)OCCO3)cc(OC)c1OC. The molecule has 0 aliphatic carbocycles. The Morgan fingerprint density at radius 1 is 0.947 bits per heavy atom. The summed E-state index contributed by atoms with van der Waals surface area (Å²) in [5, 5.41) is 2.69. The molecule has 0 saturated carbocycles. The predicted molar refractivity (Wildman–Crippen MR) is 136 cm³/mol. The molecule has 1 aliphatic heterocycles. The van der Waals surface area contributed by atoms with Crippen LogP contribution in [0.1, 0.15) is 5.56 Å². The minimum Gasteiger partial charge on any atom is -0.493 e. The van der Waals surface area contributed by atoms with E-state index in [1.165, 1.54) is 57.7 Å². The number of nitrogens with one attached hydrogen (secondary N) is 1. The first-order valence-corrected chi connectivity index (χ1v) is 12.9. The summed E-state index contributed by atoms with van der Waals surface area (Å²) in [5.41, 5.74) is 0.614. The molecule has 202 valence electrons. The first-order valence-electron chi connectivity index (χ1n) is 11.5. The molecule has 0 atom stereocenters. The van der Waals surface area contributed by atoms with Crippen LogP contribution in [0.5, 0.6) is 28.7 Å². The zero-order valence-corrected chi connectivity index (χ0v) is 21.8.